The second-order valence-electron chi connectivity index (χ2n) is 6.01. The minimum atomic E-state index is 0.703. The van der Waals surface area contributed by atoms with Crippen LogP contribution in [0, 0.1) is 5.92 Å². The molecule has 0 radical (unpaired) electrons. The molecule has 0 aromatic rings. The molecular weight excluding hydrogens is 210 g/mol. The van der Waals surface area contributed by atoms with Crippen LogP contribution in [0.25, 0.3) is 0 Å². The van der Waals surface area contributed by atoms with Gasteiger partial charge in [-0.3, -0.25) is 9.80 Å². The van der Waals surface area contributed by atoms with Crippen LogP contribution in [-0.2, 0) is 0 Å². The van der Waals surface area contributed by atoms with E-state index in [0.717, 1.165) is 18.5 Å². The molecule has 1 saturated heterocycles. The van der Waals surface area contributed by atoms with Gasteiger partial charge in [0.25, 0.3) is 0 Å². The molecule has 2 N–H and O–H groups in total. The molecule has 0 bridgehead atoms. The Hall–Kier alpha value is -0.120. The number of hydrogen-bond donors (Lipinski definition) is 1. The highest BCUT2D eigenvalue weighted by Gasteiger charge is 2.31. The van der Waals surface area contributed by atoms with Gasteiger partial charge in [-0.25, -0.2) is 0 Å². The van der Waals surface area contributed by atoms with Gasteiger partial charge < -0.3 is 5.73 Å². The molecule has 2 unspecified atom stereocenters. The minimum Gasteiger partial charge on any atom is -0.330 e. The Balaban J connectivity index is 1.86. The molecule has 0 spiro atoms. The Kier molecular flexibility index (Phi) is 4.83. The van der Waals surface area contributed by atoms with Crippen LogP contribution in [0.3, 0.4) is 0 Å². The number of piperazine rings is 1. The van der Waals surface area contributed by atoms with Crippen LogP contribution >= 0.6 is 0 Å². The molecule has 1 saturated carbocycles. The maximum Gasteiger partial charge on any atom is 0.0137 e. The second-order valence-corrected chi connectivity index (χ2v) is 6.01. The highest BCUT2D eigenvalue weighted by molar-refractivity contribution is 4.87. The molecule has 2 rings (SSSR count). The van der Waals surface area contributed by atoms with E-state index in [4.69, 9.17) is 5.73 Å². The van der Waals surface area contributed by atoms with Gasteiger partial charge in [-0.2, -0.15) is 0 Å². The van der Waals surface area contributed by atoms with Crippen LogP contribution in [-0.4, -0.2) is 54.6 Å². The Labute approximate surface area is 106 Å². The summed E-state index contributed by atoms with van der Waals surface area (Å²) in [5, 5.41) is 0. The molecule has 3 heteroatoms. The first-order valence-corrected chi connectivity index (χ1v) is 7.40. The van der Waals surface area contributed by atoms with E-state index in [1.54, 1.807) is 0 Å². The highest BCUT2D eigenvalue weighted by Crippen LogP contribution is 2.28. The van der Waals surface area contributed by atoms with E-state index in [9.17, 15) is 0 Å². The molecule has 100 valence electrons. The van der Waals surface area contributed by atoms with E-state index >= 15 is 0 Å². The first kappa shape index (κ1) is 13.3. The quantitative estimate of drug-likeness (QED) is 0.811. The third-order valence-electron chi connectivity index (χ3n) is 4.72. The molecular formula is C14H29N3. The van der Waals surface area contributed by atoms with Crippen LogP contribution in [0.4, 0.5) is 0 Å². The van der Waals surface area contributed by atoms with Crippen molar-refractivity contribution in [3.05, 3.63) is 0 Å². The molecule has 2 atom stereocenters. The predicted molar refractivity (Wildman–Crippen MR) is 73.1 cm³/mol. The van der Waals surface area contributed by atoms with Crippen molar-refractivity contribution in [3.8, 4) is 0 Å². The van der Waals surface area contributed by atoms with Gasteiger partial charge in [0.05, 0.1) is 0 Å². The standard InChI is InChI=1S/C14H29N3/c1-12(2)16-7-9-17(10-8-16)14-6-4-3-5-13(14)11-15/h12-14H,3-11,15H2,1-2H3. The average Bonchev–Trinajstić information content (AvgIpc) is 2.39. The monoisotopic (exact) mass is 239 g/mol. The fraction of sp³-hybridized carbons (Fsp3) is 1.00. The molecule has 0 aromatic carbocycles. The largest absolute Gasteiger partial charge is 0.330 e. The third kappa shape index (κ3) is 3.21. The van der Waals surface area contributed by atoms with Crippen molar-refractivity contribution >= 4 is 0 Å². The zero-order valence-corrected chi connectivity index (χ0v) is 11.6. The molecule has 2 aliphatic rings. The van der Waals surface area contributed by atoms with Gasteiger partial charge in [0.2, 0.25) is 0 Å². The lowest BCUT2D eigenvalue weighted by atomic mass is 9.83. The van der Waals surface area contributed by atoms with E-state index in [2.05, 4.69) is 23.6 Å². The van der Waals surface area contributed by atoms with Crippen molar-refractivity contribution < 1.29 is 0 Å². The Morgan fingerprint density at radius 1 is 1.06 bits per heavy atom. The van der Waals surface area contributed by atoms with Crippen LogP contribution in [0.15, 0.2) is 0 Å². The van der Waals surface area contributed by atoms with Crippen molar-refractivity contribution in [2.24, 2.45) is 11.7 Å². The number of nitrogens with zero attached hydrogens (tertiary/aromatic N) is 2. The van der Waals surface area contributed by atoms with E-state index in [0.29, 0.717) is 6.04 Å². The van der Waals surface area contributed by atoms with Gasteiger partial charge in [0, 0.05) is 38.3 Å². The molecule has 1 aliphatic heterocycles. The zero-order valence-electron chi connectivity index (χ0n) is 11.6. The fourth-order valence-electron chi connectivity index (χ4n) is 3.53. The van der Waals surface area contributed by atoms with E-state index in [1.165, 1.54) is 51.9 Å². The van der Waals surface area contributed by atoms with Gasteiger partial charge in [0.15, 0.2) is 0 Å². The predicted octanol–water partition coefficient (Wildman–Crippen LogP) is 1.53. The molecule has 17 heavy (non-hydrogen) atoms. The summed E-state index contributed by atoms with van der Waals surface area (Å²) in [5.74, 6) is 0.759. The summed E-state index contributed by atoms with van der Waals surface area (Å²) < 4.78 is 0. The third-order valence-corrected chi connectivity index (χ3v) is 4.72. The second kappa shape index (κ2) is 6.17. The Bertz CT molecular complexity index is 222. The summed E-state index contributed by atoms with van der Waals surface area (Å²) in [6, 6.07) is 1.48. The summed E-state index contributed by atoms with van der Waals surface area (Å²) >= 11 is 0. The maximum absolute atomic E-state index is 5.94. The number of hydrogen-bond acceptors (Lipinski definition) is 3. The van der Waals surface area contributed by atoms with Crippen LogP contribution in [0.2, 0.25) is 0 Å². The van der Waals surface area contributed by atoms with E-state index < -0.39 is 0 Å². The van der Waals surface area contributed by atoms with Gasteiger partial charge in [0.1, 0.15) is 0 Å². The number of nitrogens with two attached hydrogens (primary N) is 1. The van der Waals surface area contributed by atoms with E-state index in [1.807, 2.05) is 0 Å². The lowest BCUT2D eigenvalue weighted by molar-refractivity contribution is 0.0411. The SMILES string of the molecule is CC(C)N1CCN(C2CCCCC2CN)CC1. The van der Waals surface area contributed by atoms with Crippen LogP contribution < -0.4 is 5.73 Å². The van der Waals surface area contributed by atoms with Gasteiger partial charge in [-0.05, 0) is 39.2 Å². The van der Waals surface area contributed by atoms with Gasteiger partial charge >= 0.3 is 0 Å². The zero-order chi connectivity index (χ0) is 12.3. The van der Waals surface area contributed by atoms with E-state index in [-0.39, 0.29) is 0 Å². The van der Waals surface area contributed by atoms with Crippen LogP contribution in [0.1, 0.15) is 39.5 Å². The Morgan fingerprint density at radius 3 is 2.29 bits per heavy atom. The van der Waals surface area contributed by atoms with Crippen molar-refractivity contribution in [1.29, 1.82) is 0 Å². The number of rotatable bonds is 3. The highest BCUT2D eigenvalue weighted by atomic mass is 15.3. The van der Waals surface area contributed by atoms with Gasteiger partial charge in [-0.1, -0.05) is 12.8 Å². The first-order valence-electron chi connectivity index (χ1n) is 7.40. The van der Waals surface area contributed by atoms with Crippen molar-refractivity contribution in [2.45, 2.75) is 51.6 Å². The van der Waals surface area contributed by atoms with Gasteiger partial charge in [-0.15, -0.1) is 0 Å². The average molecular weight is 239 g/mol. The molecule has 1 heterocycles. The normalized spacial score (nSPS) is 33.2. The Morgan fingerprint density at radius 2 is 1.71 bits per heavy atom. The topological polar surface area (TPSA) is 32.5 Å². The van der Waals surface area contributed by atoms with Crippen molar-refractivity contribution in [2.75, 3.05) is 32.7 Å². The summed E-state index contributed by atoms with van der Waals surface area (Å²) in [4.78, 5) is 5.31. The minimum absolute atomic E-state index is 0.703. The first-order chi connectivity index (χ1) is 8.22. The summed E-state index contributed by atoms with van der Waals surface area (Å²) in [5.41, 5.74) is 5.94. The van der Waals surface area contributed by atoms with Crippen molar-refractivity contribution in [3.63, 3.8) is 0 Å². The smallest absolute Gasteiger partial charge is 0.0137 e. The lowest BCUT2D eigenvalue weighted by Gasteiger charge is -2.45. The summed E-state index contributed by atoms with van der Waals surface area (Å²) in [7, 11) is 0. The van der Waals surface area contributed by atoms with Crippen LogP contribution in [0.5, 0.6) is 0 Å². The lowest BCUT2D eigenvalue weighted by Crippen LogP contribution is -2.55. The molecule has 2 fully saturated rings. The molecule has 1 aliphatic carbocycles. The maximum atomic E-state index is 5.94. The molecule has 3 nitrogen and oxygen atoms in total. The molecule has 0 amide bonds. The molecule has 0 aromatic heterocycles. The summed E-state index contributed by atoms with van der Waals surface area (Å²) in [6.45, 7) is 10.5. The van der Waals surface area contributed by atoms with Crippen molar-refractivity contribution in [1.82, 2.24) is 9.80 Å². The summed E-state index contributed by atoms with van der Waals surface area (Å²) in [6.07, 6.45) is 5.53. The fourth-order valence-corrected chi connectivity index (χ4v) is 3.53.